The van der Waals surface area contributed by atoms with Crippen LogP contribution in [0.2, 0.25) is 0 Å². The predicted molar refractivity (Wildman–Crippen MR) is 381 cm³/mol. The standard InChI is InChI=1S/C76H107F5N12O13/c1-12-46(4)64-72(103)87(7)45-62(96)89(9)56-28-19-16-22-37-92(71(56)102)59-40-48-31-29-47(30-32-48)24-17-15-18-27-55(66(97)83-64)88(8)61(95)42-58(69(100)85(5)13-2)90(10)73(104)65(50-25-20-21-26-50)91(11)74(105)75(35-23-36-75)84-67(98)57-41-51(106-14-3)43-93(57)68(99)54(82-60(94)44-86(6)70(59)101)34-33-49-38-52(77)63(53(78)39-49)76(79,80)81/h16,19,29-32,38-39,46,50-51,54-59,64-65H,12-15,17-18,20-28,33-37,40-45H2,1-11H3,(H,82,94)(H,83,97)(H,84,98)/b19-16-/t46-,51+,54-,55-,56-,57-,58-,59-,64+,65-/m0/s1. The molecule has 3 fully saturated rings. The van der Waals surface area contributed by atoms with Crippen LogP contribution in [0.25, 0.3) is 0 Å². The van der Waals surface area contributed by atoms with Crippen molar-refractivity contribution in [3.63, 3.8) is 0 Å². The van der Waals surface area contributed by atoms with Gasteiger partial charge in [0.15, 0.2) is 0 Å². The van der Waals surface area contributed by atoms with Crippen molar-refractivity contribution < 1.29 is 84.2 Å². The van der Waals surface area contributed by atoms with Crippen molar-refractivity contribution in [1.82, 2.24) is 60.0 Å². The number of fused-ring (bicyclic) bond motifs is 22. The van der Waals surface area contributed by atoms with Crippen molar-refractivity contribution >= 4 is 70.9 Å². The highest BCUT2D eigenvalue weighted by molar-refractivity contribution is 6.01. The second-order valence-electron chi connectivity index (χ2n) is 29.7. The van der Waals surface area contributed by atoms with Gasteiger partial charge in [0.1, 0.15) is 71.1 Å². The first kappa shape index (κ1) is 83.1. The van der Waals surface area contributed by atoms with Crippen LogP contribution in [-0.2, 0) is 87.7 Å². The number of hydrogen-bond donors (Lipinski definition) is 3. The largest absolute Gasteiger partial charge is 0.422 e. The lowest BCUT2D eigenvalue weighted by molar-refractivity contribution is -0.158. The topological polar surface area (TPSA) is 279 Å². The minimum atomic E-state index is -5.41. The number of carbonyl (C=O) groups is 12. The van der Waals surface area contributed by atoms with Crippen LogP contribution in [0.5, 0.6) is 0 Å². The first-order valence-corrected chi connectivity index (χ1v) is 37.4. The van der Waals surface area contributed by atoms with Gasteiger partial charge in [0.25, 0.3) is 0 Å². The quantitative estimate of drug-likeness (QED) is 0.157. The minimum Gasteiger partial charge on any atom is -0.377 e. The van der Waals surface area contributed by atoms with Crippen LogP contribution in [0.15, 0.2) is 48.6 Å². The number of carbonyl (C=O) groups excluding carboxylic acids is 12. The van der Waals surface area contributed by atoms with Gasteiger partial charge < -0.3 is 64.8 Å². The van der Waals surface area contributed by atoms with Crippen LogP contribution in [-0.4, -0.2) is 264 Å². The summed E-state index contributed by atoms with van der Waals surface area (Å²) in [7, 11) is 9.84. The van der Waals surface area contributed by atoms with E-state index in [1.54, 1.807) is 45.1 Å². The molecule has 2 aliphatic carbocycles. The molecular formula is C76H107F5N12O13. The number of benzene rings is 2. The van der Waals surface area contributed by atoms with Crippen molar-refractivity contribution in [2.45, 2.75) is 222 Å². The Morgan fingerprint density at radius 2 is 1.29 bits per heavy atom. The molecule has 12 amide bonds. The molecule has 1 saturated heterocycles. The molecule has 6 aliphatic heterocycles. The van der Waals surface area contributed by atoms with E-state index in [0.29, 0.717) is 81.9 Å². The number of likely N-dealkylation sites (N-methyl/N-ethyl adjacent to an activating group) is 7. The fraction of sp³-hybridized carbons (Fsp3) is 0.658. The number of rotatable bonds is 10. The van der Waals surface area contributed by atoms with E-state index in [9.17, 15) is 32.3 Å². The summed E-state index contributed by atoms with van der Waals surface area (Å²) in [6, 6.07) is -2.74. The molecule has 0 unspecified atom stereocenters. The van der Waals surface area contributed by atoms with E-state index in [-0.39, 0.29) is 76.8 Å². The maximum Gasteiger partial charge on any atom is 0.422 e. The minimum absolute atomic E-state index is 0.0254. The Labute approximate surface area is 617 Å². The first-order chi connectivity index (χ1) is 50.2. The number of hydrogen-bond acceptors (Lipinski definition) is 13. The lowest BCUT2D eigenvalue weighted by Crippen LogP contribution is -2.68. The smallest absolute Gasteiger partial charge is 0.377 e. The third kappa shape index (κ3) is 19.4. The number of halogens is 5. The molecule has 8 aliphatic rings. The maximum absolute atomic E-state index is 15.7. The second kappa shape index (κ2) is 36.4. The van der Waals surface area contributed by atoms with Crippen molar-refractivity contribution in [2.75, 3.05) is 88.7 Å². The number of alkyl halides is 3. The molecule has 2 saturated carbocycles. The van der Waals surface area contributed by atoms with E-state index in [4.69, 9.17) is 4.74 Å². The van der Waals surface area contributed by atoms with Gasteiger partial charge in [0, 0.05) is 88.4 Å². The van der Waals surface area contributed by atoms with Crippen molar-refractivity contribution in [2.24, 2.45) is 11.8 Å². The molecule has 584 valence electrons. The Hall–Kier alpha value is -8.57. The van der Waals surface area contributed by atoms with Gasteiger partial charge in [-0.1, -0.05) is 82.4 Å². The number of aryl methyl sites for hydroxylation is 2. The van der Waals surface area contributed by atoms with Gasteiger partial charge in [0.2, 0.25) is 70.9 Å². The number of ether oxygens (including phenoxy) is 1. The van der Waals surface area contributed by atoms with Crippen molar-refractivity contribution in [1.29, 1.82) is 0 Å². The average molecular weight is 1490 g/mol. The predicted octanol–water partition coefficient (Wildman–Crippen LogP) is 5.18. The zero-order valence-electron chi connectivity index (χ0n) is 63.1. The summed E-state index contributed by atoms with van der Waals surface area (Å²) >= 11 is 0. The normalized spacial score (nSPS) is 27.0. The zero-order chi connectivity index (χ0) is 77.8. The molecule has 6 heterocycles. The van der Waals surface area contributed by atoms with Gasteiger partial charge >= 0.3 is 6.18 Å². The molecule has 6 bridgehead atoms. The van der Waals surface area contributed by atoms with Crippen molar-refractivity contribution in [3.05, 3.63) is 82.4 Å². The summed E-state index contributed by atoms with van der Waals surface area (Å²) in [5.41, 5.74) is -2.66. The van der Waals surface area contributed by atoms with Crippen LogP contribution >= 0.6 is 0 Å². The number of nitrogens with zero attached hydrogens (tertiary/aromatic N) is 9. The average Bonchev–Trinajstić information content (AvgIpc) is 1.40. The molecule has 10 rings (SSSR count). The van der Waals surface area contributed by atoms with Crippen LogP contribution in [0.1, 0.15) is 159 Å². The molecule has 3 N–H and O–H groups in total. The summed E-state index contributed by atoms with van der Waals surface area (Å²) in [6.07, 6.45) is 1.08. The van der Waals surface area contributed by atoms with Gasteiger partial charge in [-0.25, -0.2) is 8.78 Å². The Morgan fingerprint density at radius 1 is 0.660 bits per heavy atom. The van der Waals surface area contributed by atoms with Crippen LogP contribution in [0.3, 0.4) is 0 Å². The summed E-state index contributed by atoms with van der Waals surface area (Å²) in [5, 5.41) is 8.53. The molecular weight excluding hydrogens is 1380 g/mol. The van der Waals surface area contributed by atoms with Crippen LogP contribution in [0, 0.1) is 23.5 Å². The van der Waals surface area contributed by atoms with Gasteiger partial charge in [-0.2, -0.15) is 13.2 Å². The van der Waals surface area contributed by atoms with E-state index in [1.165, 1.54) is 78.7 Å². The first-order valence-electron chi connectivity index (χ1n) is 37.4. The zero-order valence-corrected chi connectivity index (χ0v) is 63.1. The lowest BCUT2D eigenvalue weighted by atomic mass is 9.74. The van der Waals surface area contributed by atoms with E-state index in [1.807, 2.05) is 19.1 Å². The summed E-state index contributed by atoms with van der Waals surface area (Å²) in [6.45, 7) is 5.53. The van der Waals surface area contributed by atoms with E-state index in [2.05, 4.69) is 16.0 Å². The third-order valence-electron chi connectivity index (χ3n) is 22.6. The van der Waals surface area contributed by atoms with Gasteiger partial charge in [-0.05, 0) is 132 Å². The highest BCUT2D eigenvalue weighted by atomic mass is 19.4. The monoisotopic (exact) mass is 1490 g/mol. The third-order valence-corrected chi connectivity index (χ3v) is 22.6. The molecule has 2 aromatic rings. The molecule has 10 atom stereocenters. The fourth-order valence-electron chi connectivity index (χ4n) is 15.6. The summed E-state index contributed by atoms with van der Waals surface area (Å²) in [4.78, 5) is 193. The van der Waals surface area contributed by atoms with Gasteiger partial charge in [0.05, 0.1) is 25.6 Å². The Morgan fingerprint density at radius 3 is 1.91 bits per heavy atom. The van der Waals surface area contributed by atoms with E-state index < -0.39 is 198 Å². The lowest BCUT2D eigenvalue weighted by Gasteiger charge is -2.46. The Bertz CT molecular complexity index is 3570. The molecule has 30 heteroatoms. The Kier molecular flexibility index (Phi) is 28.5. The van der Waals surface area contributed by atoms with Crippen molar-refractivity contribution in [3.8, 4) is 0 Å². The number of nitrogens with one attached hydrogen (secondary N) is 3. The van der Waals surface area contributed by atoms with Gasteiger partial charge in [-0.3, -0.25) is 57.5 Å². The maximum atomic E-state index is 15.7. The summed E-state index contributed by atoms with van der Waals surface area (Å²) in [5.74, 6) is -13.7. The molecule has 0 radical (unpaired) electrons. The Balaban J connectivity index is 1.27. The number of amides is 12. The van der Waals surface area contributed by atoms with Crippen LogP contribution < -0.4 is 16.0 Å². The molecule has 25 nitrogen and oxygen atoms in total. The van der Waals surface area contributed by atoms with E-state index >= 15 is 47.1 Å². The molecule has 2 aromatic carbocycles. The van der Waals surface area contributed by atoms with Gasteiger partial charge in [-0.15, -0.1) is 0 Å². The summed E-state index contributed by atoms with van der Waals surface area (Å²) < 4.78 is 78.1. The fourth-order valence-corrected chi connectivity index (χ4v) is 15.6. The van der Waals surface area contributed by atoms with Crippen LogP contribution in [0.4, 0.5) is 22.0 Å². The highest BCUT2D eigenvalue weighted by Crippen LogP contribution is 2.39. The van der Waals surface area contributed by atoms with E-state index in [0.717, 1.165) is 20.3 Å². The second-order valence-corrected chi connectivity index (χ2v) is 29.7. The molecule has 106 heavy (non-hydrogen) atoms. The SMILES string of the molecule is CCO[C@@H]1C[C@H]2C(=O)NC3(CCC3)C(=O)N(C)[C@@H](C3CCCC3)C(=O)N(C)[C@H](C(=O)N(C)CC)CC(=O)N(C)[C@H]3CCCCCc4ccc(cc4)C[C@@H](C(=O)N(C)CC(=O)N[C@@H](CCc4cc(F)c(C(F)(F)F)c(F)c4)C(=O)N2C1)N1CC/C=C\C[C@@H](C1=O)N(C)C(=O)CN(C)C(=O)[C@@H]([C@@H](C)CC)NC3=O. The highest BCUT2D eigenvalue weighted by Gasteiger charge is 2.54. The molecule has 0 aromatic heterocycles. The molecule has 1 spiro atoms.